The molecule has 0 fully saturated rings. The van der Waals surface area contributed by atoms with Crippen LogP contribution in [0.1, 0.15) is 11.4 Å². The lowest BCUT2D eigenvalue weighted by Crippen LogP contribution is -1.98. The Hall–Kier alpha value is -0.610. The molecule has 0 atom stereocenters. The van der Waals surface area contributed by atoms with Crippen molar-refractivity contribution in [1.29, 1.82) is 0 Å². The zero-order valence-electron chi connectivity index (χ0n) is 7.20. The lowest BCUT2D eigenvalue weighted by Gasteiger charge is -2.01. The Morgan fingerprint density at radius 1 is 1.62 bits per heavy atom. The molecule has 0 aliphatic rings. The zero-order valence-corrected chi connectivity index (χ0v) is 9.60. The summed E-state index contributed by atoms with van der Waals surface area (Å²) in [6, 6.07) is 2.14. The van der Waals surface area contributed by atoms with Gasteiger partial charge >= 0.3 is 0 Å². The van der Waals surface area contributed by atoms with Gasteiger partial charge in [-0.2, -0.15) is 0 Å². The first-order chi connectivity index (χ1) is 6.25. The summed E-state index contributed by atoms with van der Waals surface area (Å²) in [6.07, 6.45) is 3.83. The normalized spacial score (nSPS) is 10.6. The van der Waals surface area contributed by atoms with Gasteiger partial charge in [0.05, 0.1) is 3.79 Å². The molecule has 0 unspecified atom stereocenters. The number of hydrogen-bond donors (Lipinski definition) is 0. The summed E-state index contributed by atoms with van der Waals surface area (Å²) in [5.41, 5.74) is 1.32. The van der Waals surface area contributed by atoms with E-state index in [-0.39, 0.29) is 0 Å². The highest BCUT2D eigenvalue weighted by molar-refractivity contribution is 9.11. The van der Waals surface area contributed by atoms with Crippen molar-refractivity contribution in [3.63, 3.8) is 0 Å². The van der Waals surface area contributed by atoms with Gasteiger partial charge in [-0.05, 0) is 39.9 Å². The molecule has 0 N–H and O–H groups in total. The molecule has 2 heterocycles. The molecule has 0 radical (unpaired) electrons. The molecule has 2 rings (SSSR count). The molecule has 0 saturated carbocycles. The Morgan fingerprint density at radius 3 is 3.00 bits per heavy atom. The standard InChI is InChI=1S/C9H9BrN2S/c1-7-11-2-3-12(7)5-8-4-9(10)13-6-8/h2-4,6H,5H2,1H3. The fraction of sp³-hybridized carbons (Fsp3) is 0.222. The van der Waals surface area contributed by atoms with Gasteiger partial charge in [0.25, 0.3) is 0 Å². The summed E-state index contributed by atoms with van der Waals surface area (Å²) in [5.74, 6) is 1.06. The predicted octanol–water partition coefficient (Wildman–Crippen LogP) is 3.06. The largest absolute Gasteiger partial charge is 0.331 e. The van der Waals surface area contributed by atoms with Crippen molar-refractivity contribution in [2.75, 3.05) is 0 Å². The van der Waals surface area contributed by atoms with Crippen LogP contribution < -0.4 is 0 Å². The molecule has 0 bridgehead atoms. The van der Waals surface area contributed by atoms with Gasteiger partial charge in [0.2, 0.25) is 0 Å². The number of hydrogen-bond acceptors (Lipinski definition) is 2. The van der Waals surface area contributed by atoms with Crippen LogP contribution in [0.4, 0.5) is 0 Å². The van der Waals surface area contributed by atoms with E-state index in [2.05, 4.69) is 36.9 Å². The van der Waals surface area contributed by atoms with Crippen LogP contribution in [-0.4, -0.2) is 9.55 Å². The van der Waals surface area contributed by atoms with Gasteiger partial charge in [-0.25, -0.2) is 4.98 Å². The fourth-order valence-corrected chi connectivity index (χ4v) is 2.40. The van der Waals surface area contributed by atoms with Crippen molar-refractivity contribution < 1.29 is 0 Å². The molecule has 0 aliphatic heterocycles. The smallest absolute Gasteiger partial charge is 0.105 e. The summed E-state index contributed by atoms with van der Waals surface area (Å²) < 4.78 is 3.31. The second kappa shape index (κ2) is 3.64. The molecule has 68 valence electrons. The van der Waals surface area contributed by atoms with Crippen molar-refractivity contribution >= 4 is 27.3 Å². The Balaban J connectivity index is 2.19. The third-order valence-corrected chi connectivity index (χ3v) is 3.45. The van der Waals surface area contributed by atoms with Crippen LogP contribution >= 0.6 is 27.3 Å². The Kier molecular flexibility index (Phi) is 2.51. The first-order valence-corrected chi connectivity index (χ1v) is 5.63. The van der Waals surface area contributed by atoms with Gasteiger partial charge in [-0.3, -0.25) is 0 Å². The van der Waals surface area contributed by atoms with Crippen molar-refractivity contribution in [2.45, 2.75) is 13.5 Å². The molecule has 2 aromatic rings. The molecular weight excluding hydrogens is 248 g/mol. The zero-order chi connectivity index (χ0) is 9.26. The number of halogens is 1. The van der Waals surface area contributed by atoms with Gasteiger partial charge in [0.15, 0.2) is 0 Å². The lowest BCUT2D eigenvalue weighted by atomic mass is 10.3. The minimum atomic E-state index is 0.911. The molecule has 2 nitrogen and oxygen atoms in total. The SMILES string of the molecule is Cc1nccn1Cc1csc(Br)c1. The summed E-state index contributed by atoms with van der Waals surface area (Å²) in [6.45, 7) is 2.93. The Labute approximate surface area is 89.4 Å². The van der Waals surface area contributed by atoms with Crippen molar-refractivity contribution in [2.24, 2.45) is 0 Å². The Bertz CT molecular complexity index is 405. The maximum absolute atomic E-state index is 4.17. The van der Waals surface area contributed by atoms with E-state index >= 15 is 0 Å². The van der Waals surface area contributed by atoms with Gasteiger partial charge < -0.3 is 4.57 Å². The molecule has 13 heavy (non-hydrogen) atoms. The molecular formula is C9H9BrN2S. The average Bonchev–Trinajstić information content (AvgIpc) is 2.64. The number of rotatable bonds is 2. The van der Waals surface area contributed by atoms with E-state index < -0.39 is 0 Å². The van der Waals surface area contributed by atoms with Crippen molar-refractivity contribution in [3.8, 4) is 0 Å². The predicted molar refractivity (Wildman–Crippen MR) is 58.1 cm³/mol. The number of aryl methyl sites for hydroxylation is 1. The highest BCUT2D eigenvalue weighted by Gasteiger charge is 2.00. The van der Waals surface area contributed by atoms with Crippen LogP contribution in [0.2, 0.25) is 0 Å². The first-order valence-electron chi connectivity index (χ1n) is 3.96. The van der Waals surface area contributed by atoms with Gasteiger partial charge in [-0.15, -0.1) is 11.3 Å². The van der Waals surface area contributed by atoms with Crippen LogP contribution in [-0.2, 0) is 6.54 Å². The second-order valence-corrected chi connectivity index (χ2v) is 5.15. The molecule has 4 heteroatoms. The molecule has 0 aliphatic carbocycles. The van der Waals surface area contributed by atoms with Crippen LogP contribution in [0, 0.1) is 6.92 Å². The summed E-state index contributed by atoms with van der Waals surface area (Å²) in [5, 5.41) is 2.16. The maximum atomic E-state index is 4.17. The maximum Gasteiger partial charge on any atom is 0.105 e. The van der Waals surface area contributed by atoms with E-state index in [9.17, 15) is 0 Å². The lowest BCUT2D eigenvalue weighted by molar-refractivity contribution is 0.764. The molecule has 0 aromatic carbocycles. The molecule has 0 amide bonds. The summed E-state index contributed by atoms with van der Waals surface area (Å²) in [4.78, 5) is 4.17. The van der Waals surface area contributed by atoms with Crippen LogP contribution in [0.15, 0.2) is 27.6 Å². The van der Waals surface area contributed by atoms with Gasteiger partial charge in [0, 0.05) is 18.9 Å². The minimum Gasteiger partial charge on any atom is -0.331 e. The average molecular weight is 257 g/mol. The van der Waals surface area contributed by atoms with E-state index in [1.807, 2.05) is 19.3 Å². The molecule has 2 aromatic heterocycles. The van der Waals surface area contributed by atoms with E-state index in [1.165, 1.54) is 9.35 Å². The number of thiophene rings is 1. The van der Waals surface area contributed by atoms with Gasteiger partial charge in [-0.1, -0.05) is 0 Å². The quantitative estimate of drug-likeness (QED) is 0.808. The van der Waals surface area contributed by atoms with Gasteiger partial charge in [0.1, 0.15) is 5.82 Å². The van der Waals surface area contributed by atoms with E-state index in [4.69, 9.17) is 0 Å². The van der Waals surface area contributed by atoms with Crippen LogP contribution in [0.25, 0.3) is 0 Å². The van der Waals surface area contributed by atoms with E-state index in [0.29, 0.717) is 0 Å². The van der Waals surface area contributed by atoms with Crippen molar-refractivity contribution in [1.82, 2.24) is 9.55 Å². The number of nitrogens with zero attached hydrogens (tertiary/aromatic N) is 2. The number of aromatic nitrogens is 2. The van der Waals surface area contributed by atoms with Crippen LogP contribution in [0.3, 0.4) is 0 Å². The second-order valence-electron chi connectivity index (χ2n) is 2.86. The highest BCUT2D eigenvalue weighted by Crippen LogP contribution is 2.21. The van der Waals surface area contributed by atoms with E-state index in [1.54, 1.807) is 11.3 Å². The monoisotopic (exact) mass is 256 g/mol. The van der Waals surface area contributed by atoms with Crippen molar-refractivity contribution in [3.05, 3.63) is 39.0 Å². The van der Waals surface area contributed by atoms with Crippen LogP contribution in [0.5, 0.6) is 0 Å². The molecule has 0 saturated heterocycles. The number of imidazole rings is 1. The summed E-state index contributed by atoms with van der Waals surface area (Å²) in [7, 11) is 0. The summed E-state index contributed by atoms with van der Waals surface area (Å²) >= 11 is 5.16. The topological polar surface area (TPSA) is 17.8 Å². The molecule has 0 spiro atoms. The first kappa shape index (κ1) is 8.97. The fourth-order valence-electron chi connectivity index (χ4n) is 1.20. The highest BCUT2D eigenvalue weighted by atomic mass is 79.9. The minimum absolute atomic E-state index is 0.911. The third-order valence-electron chi connectivity index (χ3n) is 1.90. The van der Waals surface area contributed by atoms with E-state index in [0.717, 1.165) is 12.4 Å². The Morgan fingerprint density at radius 2 is 2.46 bits per heavy atom. The third kappa shape index (κ3) is 2.00.